The lowest BCUT2D eigenvalue weighted by molar-refractivity contribution is 0.212. The summed E-state index contributed by atoms with van der Waals surface area (Å²) in [7, 11) is -0.187. The first-order valence-electron chi connectivity index (χ1n) is 6.26. The van der Waals surface area contributed by atoms with Gasteiger partial charge in [-0.3, -0.25) is 0 Å². The number of aryl methyl sites for hydroxylation is 1. The summed E-state index contributed by atoms with van der Waals surface area (Å²) in [5.74, 6) is 1.34. The van der Waals surface area contributed by atoms with Crippen LogP contribution in [0, 0.1) is 37.6 Å². The predicted octanol–water partition coefficient (Wildman–Crippen LogP) is 2.01. The Labute approximate surface area is 131 Å². The molecule has 0 aromatic heterocycles. The molecular weight excluding hydrogens is 300 g/mol. The van der Waals surface area contributed by atoms with E-state index in [1.54, 1.807) is 20.3 Å². The predicted molar refractivity (Wildman–Crippen MR) is 83.6 cm³/mol. The minimum absolute atomic E-state index is 0.300. The molecule has 0 heterocycles. The van der Waals surface area contributed by atoms with Gasteiger partial charge in [-0.15, -0.1) is 0 Å². The average Bonchev–Trinajstić information content (AvgIpc) is 2.53. The molecule has 0 saturated heterocycles. The van der Waals surface area contributed by atoms with Crippen LogP contribution in [-0.2, 0) is 19.7 Å². The van der Waals surface area contributed by atoms with Crippen molar-refractivity contribution in [2.75, 3.05) is 14.2 Å². The van der Waals surface area contributed by atoms with Crippen LogP contribution in [0.1, 0.15) is 5.56 Å². The van der Waals surface area contributed by atoms with E-state index in [2.05, 4.69) is 0 Å². The van der Waals surface area contributed by atoms with Crippen molar-refractivity contribution in [3.8, 4) is 49.1 Å². The second-order valence-corrected chi connectivity index (χ2v) is 6.50. The van der Waals surface area contributed by atoms with E-state index < -0.39 is 8.80 Å². The topological polar surface area (TPSA) is 46.2 Å². The second kappa shape index (κ2) is 8.41. The Bertz CT molecular complexity index is 580. The zero-order valence-electron chi connectivity index (χ0n) is 12.4. The molecule has 0 saturated carbocycles. The molecule has 0 aliphatic rings. The van der Waals surface area contributed by atoms with Crippen molar-refractivity contribution in [1.29, 1.82) is 0 Å². The van der Waals surface area contributed by atoms with Crippen LogP contribution in [0.15, 0.2) is 18.2 Å². The van der Waals surface area contributed by atoms with Crippen molar-refractivity contribution >= 4 is 8.80 Å². The quantitative estimate of drug-likeness (QED) is 0.542. The van der Waals surface area contributed by atoms with Gasteiger partial charge < -0.3 is 22.8 Å². The molecule has 0 spiro atoms. The minimum atomic E-state index is -3.33. The molecule has 0 N–H and O–H groups in total. The Morgan fingerprint density at radius 3 is 2.00 bits per heavy atom. The number of hydrogen-bond donors (Lipinski definition) is 0. The summed E-state index contributed by atoms with van der Waals surface area (Å²) >= 11 is 0. The van der Waals surface area contributed by atoms with E-state index in [9.17, 15) is 0 Å². The van der Waals surface area contributed by atoms with Crippen LogP contribution in [-0.4, -0.2) is 23.0 Å². The summed E-state index contributed by atoms with van der Waals surface area (Å²) in [5.41, 5.74) is 0.891. The third-order valence-electron chi connectivity index (χ3n) is 2.84. The van der Waals surface area contributed by atoms with Gasteiger partial charge in [0.15, 0.2) is 0 Å². The highest BCUT2D eigenvalue weighted by molar-refractivity contribution is 6.61. The van der Waals surface area contributed by atoms with E-state index in [-0.39, 0.29) is 0 Å². The van der Waals surface area contributed by atoms with Gasteiger partial charge in [0, 0.05) is 6.07 Å². The van der Waals surface area contributed by atoms with Gasteiger partial charge in [-0.05, 0) is 18.1 Å². The van der Waals surface area contributed by atoms with Gasteiger partial charge in [0.2, 0.25) is 0 Å². The molecule has 6 heteroatoms. The van der Waals surface area contributed by atoms with E-state index in [1.807, 2.05) is 30.5 Å². The molecule has 22 heavy (non-hydrogen) atoms. The highest BCUT2D eigenvalue weighted by Crippen LogP contribution is 2.28. The van der Waals surface area contributed by atoms with Crippen LogP contribution in [0.4, 0.5) is 0 Å². The van der Waals surface area contributed by atoms with Gasteiger partial charge in [0.05, 0.1) is 38.6 Å². The Morgan fingerprint density at radius 2 is 1.55 bits per heavy atom. The van der Waals surface area contributed by atoms with E-state index in [4.69, 9.17) is 42.0 Å². The molecule has 0 bridgehead atoms. The Morgan fingerprint density at radius 1 is 0.955 bits per heavy atom. The van der Waals surface area contributed by atoms with Crippen molar-refractivity contribution in [3.63, 3.8) is 0 Å². The van der Waals surface area contributed by atoms with Gasteiger partial charge in [-0.2, -0.15) is 0 Å². The third kappa shape index (κ3) is 4.31. The molecule has 0 unspecified atom stereocenters. The first-order chi connectivity index (χ1) is 10.6. The van der Waals surface area contributed by atoms with Crippen molar-refractivity contribution in [2.45, 2.75) is 12.5 Å². The van der Waals surface area contributed by atoms with Gasteiger partial charge in [0.1, 0.15) is 11.5 Å². The molecule has 0 aliphatic heterocycles. The smallest absolute Gasteiger partial charge is 0.497 e. The normalized spacial score (nSPS) is 9.59. The highest BCUT2D eigenvalue weighted by atomic mass is 28.4. The molecule has 0 fully saturated rings. The van der Waals surface area contributed by atoms with Crippen molar-refractivity contribution in [2.24, 2.45) is 0 Å². The third-order valence-corrected chi connectivity index (χ3v) is 4.99. The van der Waals surface area contributed by atoms with E-state index in [1.165, 1.54) is 0 Å². The molecule has 1 aromatic rings. The summed E-state index contributed by atoms with van der Waals surface area (Å²) in [4.78, 5) is 0. The van der Waals surface area contributed by atoms with Gasteiger partial charge in [0.25, 0.3) is 0 Å². The number of methoxy groups -OCH3 is 2. The zero-order valence-corrected chi connectivity index (χ0v) is 13.4. The van der Waals surface area contributed by atoms with Crippen LogP contribution in [0.2, 0.25) is 6.04 Å². The summed E-state index contributed by atoms with van der Waals surface area (Å²) in [5, 5.41) is 0. The number of benzene rings is 1. The lowest BCUT2D eigenvalue weighted by Gasteiger charge is -2.21. The molecule has 1 rings (SSSR count). The summed E-state index contributed by atoms with van der Waals surface area (Å²) in [6.07, 6.45) is 22.1. The van der Waals surface area contributed by atoms with E-state index in [0.717, 1.165) is 5.56 Å². The average molecular weight is 316 g/mol. The van der Waals surface area contributed by atoms with Gasteiger partial charge in [-0.25, -0.2) is 0 Å². The fraction of sp³-hybridized carbons (Fsp3) is 0.250. The SMILES string of the molecule is C#CO[Si](CCc1ccc(OC)cc1OC)(OC#C)OC#C. The lowest BCUT2D eigenvalue weighted by atomic mass is 10.1. The largest absolute Gasteiger partial charge is 0.725 e. The minimum Gasteiger partial charge on any atom is -0.497 e. The maximum absolute atomic E-state index is 5.32. The summed E-state index contributed by atoms with van der Waals surface area (Å²) in [6.45, 7) is 0. The highest BCUT2D eigenvalue weighted by Gasteiger charge is 2.48. The molecule has 0 radical (unpaired) electrons. The lowest BCUT2D eigenvalue weighted by Crippen LogP contribution is -2.42. The first kappa shape index (κ1) is 17.2. The van der Waals surface area contributed by atoms with Crippen molar-refractivity contribution < 1.29 is 22.8 Å². The first-order valence-corrected chi connectivity index (χ1v) is 8.19. The van der Waals surface area contributed by atoms with Crippen LogP contribution in [0.5, 0.6) is 11.5 Å². The molecule has 114 valence electrons. The van der Waals surface area contributed by atoms with Gasteiger partial charge in [-0.1, -0.05) is 25.3 Å². The van der Waals surface area contributed by atoms with Gasteiger partial charge >= 0.3 is 8.80 Å². The van der Waals surface area contributed by atoms with E-state index >= 15 is 0 Å². The molecule has 0 amide bonds. The van der Waals surface area contributed by atoms with E-state index in [0.29, 0.717) is 24.0 Å². The van der Waals surface area contributed by atoms with Crippen LogP contribution in [0.3, 0.4) is 0 Å². The fourth-order valence-corrected chi connectivity index (χ4v) is 3.38. The number of rotatable bonds is 8. The molecule has 1 aromatic carbocycles. The Hall–Kier alpha value is -2.88. The standard InChI is InChI=1S/C16H16O5Si/c1-6-19-22(20-7-2,21-8-3)12-11-14-9-10-15(17-4)13-16(14)18-5/h1-3,9-10,13H,11-12H2,4-5H3. The molecule has 0 atom stereocenters. The van der Waals surface area contributed by atoms with Crippen molar-refractivity contribution in [1.82, 2.24) is 0 Å². The van der Waals surface area contributed by atoms with Crippen LogP contribution in [0.25, 0.3) is 0 Å². The van der Waals surface area contributed by atoms with Crippen molar-refractivity contribution in [3.05, 3.63) is 23.8 Å². The van der Waals surface area contributed by atoms with Crippen LogP contribution < -0.4 is 9.47 Å². The Kier molecular flexibility index (Phi) is 6.57. The summed E-state index contributed by atoms with van der Waals surface area (Å²) < 4.78 is 25.8. The number of ether oxygens (including phenoxy) is 2. The molecule has 5 nitrogen and oxygen atoms in total. The Balaban J connectivity index is 2.96. The molecule has 0 aliphatic carbocycles. The monoisotopic (exact) mass is 316 g/mol. The fourth-order valence-electron chi connectivity index (χ4n) is 1.83. The van der Waals surface area contributed by atoms with Crippen LogP contribution >= 0.6 is 0 Å². The second-order valence-electron chi connectivity index (χ2n) is 4.02. The maximum Gasteiger partial charge on any atom is 0.725 e. The molecular formula is C16H16O5Si. The zero-order chi connectivity index (χ0) is 16.4. The number of hydrogen-bond acceptors (Lipinski definition) is 5. The summed E-state index contributed by atoms with van der Waals surface area (Å²) in [6, 6.07) is 5.74. The maximum atomic E-state index is 5.32. The number of terminal acetylenes is 3.